The third-order valence-corrected chi connectivity index (χ3v) is 2.56. The largest absolute Gasteiger partial charge is 0.505 e. The van der Waals surface area contributed by atoms with Gasteiger partial charge >= 0.3 is 0 Å². The van der Waals surface area contributed by atoms with Gasteiger partial charge < -0.3 is 20.3 Å². The predicted molar refractivity (Wildman–Crippen MR) is 63.2 cm³/mol. The number of aromatic hydroxyl groups is 1. The highest BCUT2D eigenvalue weighted by Crippen LogP contribution is 2.38. The number of phenolic OH excluding ortho intramolecular Hbond substituents is 1. The van der Waals surface area contributed by atoms with E-state index in [1.807, 2.05) is 0 Å². The molecule has 0 heterocycles. The number of nitrogens with two attached hydrogens (primary N) is 1. The van der Waals surface area contributed by atoms with Gasteiger partial charge in [-0.3, -0.25) is 0 Å². The first-order valence-corrected chi connectivity index (χ1v) is 5.48. The molecule has 1 aromatic rings. The molecule has 0 radical (unpaired) electrons. The molecule has 0 spiro atoms. The van der Waals surface area contributed by atoms with E-state index in [4.69, 9.17) is 15.2 Å². The Morgan fingerprint density at radius 2 is 2.00 bits per heavy atom. The minimum absolute atomic E-state index is 0.328. The maximum absolute atomic E-state index is 13.8. The summed E-state index contributed by atoms with van der Waals surface area (Å²) in [6.45, 7) is 0.555. The summed E-state index contributed by atoms with van der Waals surface area (Å²) in [5.41, 5.74) is 5.72. The zero-order valence-corrected chi connectivity index (χ0v) is 10.1. The summed E-state index contributed by atoms with van der Waals surface area (Å²) in [5, 5.41) is 9.45. The predicted octanol–water partition coefficient (Wildman–Crippen LogP) is 1.83. The summed E-state index contributed by atoms with van der Waals surface area (Å²) >= 11 is 0. The molecule has 0 unspecified atom stereocenters. The Morgan fingerprint density at radius 1 is 1.29 bits per heavy atom. The van der Waals surface area contributed by atoms with Crippen LogP contribution in [0.4, 0.5) is 4.39 Å². The third kappa shape index (κ3) is 3.00. The first kappa shape index (κ1) is 13.6. The quantitative estimate of drug-likeness (QED) is 0.748. The molecule has 0 aliphatic heterocycles. The maximum Gasteiger partial charge on any atom is 0.171 e. The lowest BCUT2D eigenvalue weighted by Crippen LogP contribution is -2.03. The van der Waals surface area contributed by atoms with E-state index >= 15 is 0 Å². The number of methoxy groups -OCH3 is 2. The van der Waals surface area contributed by atoms with Crippen LogP contribution in [0.5, 0.6) is 17.2 Å². The lowest BCUT2D eigenvalue weighted by molar-refractivity contribution is 0.339. The van der Waals surface area contributed by atoms with E-state index in [0.29, 0.717) is 30.0 Å². The molecule has 0 aliphatic carbocycles. The average Bonchev–Trinajstić information content (AvgIpc) is 2.34. The Kier molecular flexibility index (Phi) is 5.03. The fourth-order valence-electron chi connectivity index (χ4n) is 1.70. The van der Waals surface area contributed by atoms with Crippen LogP contribution in [0.2, 0.25) is 0 Å². The van der Waals surface area contributed by atoms with Crippen LogP contribution in [0.25, 0.3) is 0 Å². The van der Waals surface area contributed by atoms with E-state index in [0.717, 1.165) is 12.8 Å². The molecular weight excluding hydrogens is 225 g/mol. The number of hydrogen-bond acceptors (Lipinski definition) is 4. The van der Waals surface area contributed by atoms with Crippen LogP contribution < -0.4 is 15.2 Å². The number of unbranched alkanes of at least 4 members (excludes halogenated alkanes) is 1. The Hall–Kier alpha value is -1.49. The summed E-state index contributed by atoms with van der Waals surface area (Å²) < 4.78 is 23.9. The molecule has 0 atom stereocenters. The molecule has 0 aromatic heterocycles. The average molecular weight is 243 g/mol. The Labute approximate surface area is 100 Å². The molecule has 0 amide bonds. The van der Waals surface area contributed by atoms with Crippen LogP contribution in [-0.2, 0) is 6.42 Å². The van der Waals surface area contributed by atoms with Gasteiger partial charge in [0.2, 0.25) is 0 Å². The van der Waals surface area contributed by atoms with Crippen molar-refractivity contribution in [3.63, 3.8) is 0 Å². The number of benzene rings is 1. The fourth-order valence-corrected chi connectivity index (χ4v) is 1.70. The molecule has 3 N–H and O–H groups in total. The zero-order chi connectivity index (χ0) is 12.8. The minimum atomic E-state index is -0.653. The first-order chi connectivity index (χ1) is 8.15. The normalized spacial score (nSPS) is 10.4. The molecule has 5 heteroatoms. The second-order valence-electron chi connectivity index (χ2n) is 3.67. The number of ether oxygens (including phenoxy) is 2. The van der Waals surface area contributed by atoms with Crippen LogP contribution in [0.3, 0.4) is 0 Å². The van der Waals surface area contributed by atoms with E-state index in [1.54, 1.807) is 0 Å². The van der Waals surface area contributed by atoms with Crippen LogP contribution >= 0.6 is 0 Å². The molecule has 1 aromatic carbocycles. The van der Waals surface area contributed by atoms with Crippen molar-refractivity contribution in [3.8, 4) is 17.2 Å². The maximum atomic E-state index is 13.8. The lowest BCUT2D eigenvalue weighted by Gasteiger charge is -2.14. The van der Waals surface area contributed by atoms with Crippen molar-refractivity contribution in [2.75, 3.05) is 20.8 Å². The molecule has 4 nitrogen and oxygen atoms in total. The van der Waals surface area contributed by atoms with Gasteiger partial charge in [0.1, 0.15) is 0 Å². The van der Waals surface area contributed by atoms with Gasteiger partial charge in [-0.2, -0.15) is 0 Å². The van der Waals surface area contributed by atoms with Gasteiger partial charge in [0, 0.05) is 11.6 Å². The van der Waals surface area contributed by atoms with Crippen LogP contribution in [0, 0.1) is 5.82 Å². The first-order valence-electron chi connectivity index (χ1n) is 5.48. The number of rotatable bonds is 6. The SMILES string of the molecule is COc1cc(O)c(F)c(CCCCN)c1OC. The van der Waals surface area contributed by atoms with Crippen LogP contribution in [-0.4, -0.2) is 25.9 Å². The minimum Gasteiger partial charge on any atom is -0.505 e. The molecule has 96 valence electrons. The van der Waals surface area contributed by atoms with Gasteiger partial charge in [0.15, 0.2) is 23.1 Å². The summed E-state index contributed by atoms with van der Waals surface area (Å²) in [6.07, 6.45) is 1.98. The summed E-state index contributed by atoms with van der Waals surface area (Å²) in [7, 11) is 2.89. The van der Waals surface area contributed by atoms with E-state index in [9.17, 15) is 9.50 Å². The van der Waals surface area contributed by atoms with Crippen molar-refractivity contribution < 1.29 is 19.0 Å². The monoisotopic (exact) mass is 243 g/mol. The highest BCUT2D eigenvalue weighted by molar-refractivity contribution is 5.52. The van der Waals surface area contributed by atoms with Crippen LogP contribution in [0.15, 0.2) is 6.07 Å². The van der Waals surface area contributed by atoms with Crippen molar-refractivity contribution >= 4 is 0 Å². The van der Waals surface area contributed by atoms with Crippen LogP contribution in [0.1, 0.15) is 18.4 Å². The van der Waals surface area contributed by atoms with Gasteiger partial charge in [-0.25, -0.2) is 4.39 Å². The topological polar surface area (TPSA) is 64.7 Å². The number of phenols is 1. The van der Waals surface area contributed by atoms with Crippen molar-refractivity contribution in [1.29, 1.82) is 0 Å². The van der Waals surface area contributed by atoms with Gasteiger partial charge in [-0.1, -0.05) is 0 Å². The molecule has 0 bridgehead atoms. The highest BCUT2D eigenvalue weighted by Gasteiger charge is 2.18. The van der Waals surface area contributed by atoms with Gasteiger partial charge in [-0.15, -0.1) is 0 Å². The molecule has 0 saturated carbocycles. The fraction of sp³-hybridized carbons (Fsp3) is 0.500. The molecule has 0 saturated heterocycles. The second-order valence-corrected chi connectivity index (χ2v) is 3.67. The Morgan fingerprint density at radius 3 is 2.53 bits per heavy atom. The van der Waals surface area contributed by atoms with Gasteiger partial charge in [0.05, 0.1) is 14.2 Å². The van der Waals surface area contributed by atoms with Crippen molar-refractivity contribution in [2.24, 2.45) is 5.73 Å². The zero-order valence-electron chi connectivity index (χ0n) is 10.1. The second kappa shape index (κ2) is 6.30. The highest BCUT2D eigenvalue weighted by atomic mass is 19.1. The molecule has 0 fully saturated rings. The Balaban J connectivity index is 3.09. The standard InChI is InChI=1S/C12H18FNO3/c1-16-10-7-9(15)11(13)8(12(10)17-2)5-3-4-6-14/h7,15H,3-6,14H2,1-2H3. The molecule has 17 heavy (non-hydrogen) atoms. The molecule has 0 aliphatic rings. The smallest absolute Gasteiger partial charge is 0.171 e. The van der Waals surface area contributed by atoms with E-state index in [1.165, 1.54) is 20.3 Å². The Bertz CT molecular complexity index is 383. The van der Waals surface area contributed by atoms with E-state index < -0.39 is 11.6 Å². The van der Waals surface area contributed by atoms with Gasteiger partial charge in [-0.05, 0) is 25.8 Å². The number of hydrogen-bond donors (Lipinski definition) is 2. The van der Waals surface area contributed by atoms with Crippen molar-refractivity contribution in [1.82, 2.24) is 0 Å². The summed E-state index contributed by atoms with van der Waals surface area (Å²) in [5.74, 6) is -0.418. The number of halogens is 1. The third-order valence-electron chi connectivity index (χ3n) is 2.56. The van der Waals surface area contributed by atoms with E-state index in [2.05, 4.69) is 0 Å². The summed E-state index contributed by atoms with van der Waals surface area (Å²) in [4.78, 5) is 0. The molecule has 1 rings (SSSR count). The van der Waals surface area contributed by atoms with Gasteiger partial charge in [0.25, 0.3) is 0 Å². The van der Waals surface area contributed by atoms with E-state index in [-0.39, 0.29) is 0 Å². The molecular formula is C12H18FNO3. The van der Waals surface area contributed by atoms with Crippen molar-refractivity contribution in [2.45, 2.75) is 19.3 Å². The van der Waals surface area contributed by atoms with Crippen molar-refractivity contribution in [3.05, 3.63) is 17.4 Å². The lowest BCUT2D eigenvalue weighted by atomic mass is 10.0. The summed E-state index contributed by atoms with van der Waals surface area (Å²) in [6, 6.07) is 1.21.